The van der Waals surface area contributed by atoms with Gasteiger partial charge in [-0.25, -0.2) is 8.78 Å². The Balaban J connectivity index is 2.52. The lowest BCUT2D eigenvalue weighted by molar-refractivity contribution is 0.394. The van der Waals surface area contributed by atoms with E-state index in [0.29, 0.717) is 18.2 Å². The van der Waals surface area contributed by atoms with Gasteiger partial charge in [-0.05, 0) is 43.0 Å². The Labute approximate surface area is 104 Å². The first-order valence-corrected chi connectivity index (χ1v) is 6.83. The molecule has 1 unspecified atom stereocenters. The normalized spacial score (nSPS) is 12.7. The van der Waals surface area contributed by atoms with Crippen molar-refractivity contribution in [1.82, 2.24) is 5.32 Å². The van der Waals surface area contributed by atoms with Gasteiger partial charge in [0.15, 0.2) is 17.4 Å². The molecule has 2 nitrogen and oxygen atoms in total. The Morgan fingerprint density at radius 3 is 2.47 bits per heavy atom. The number of thioether (sulfide) groups is 1. The summed E-state index contributed by atoms with van der Waals surface area (Å²) in [7, 11) is 0. The van der Waals surface area contributed by atoms with Crippen molar-refractivity contribution < 1.29 is 13.9 Å². The Morgan fingerprint density at radius 2 is 1.94 bits per heavy atom. The van der Waals surface area contributed by atoms with Gasteiger partial charge in [-0.2, -0.15) is 11.8 Å². The highest BCUT2D eigenvalue weighted by Crippen LogP contribution is 2.21. The maximum absolute atomic E-state index is 13.0. The maximum atomic E-state index is 13.0. The predicted molar refractivity (Wildman–Crippen MR) is 67.3 cm³/mol. The number of phenols is 1. The summed E-state index contributed by atoms with van der Waals surface area (Å²) >= 11 is 1.77. The van der Waals surface area contributed by atoms with E-state index in [-0.39, 0.29) is 0 Å². The van der Waals surface area contributed by atoms with Crippen molar-refractivity contribution in [1.29, 1.82) is 0 Å². The van der Waals surface area contributed by atoms with Crippen LogP contribution < -0.4 is 5.32 Å². The summed E-state index contributed by atoms with van der Waals surface area (Å²) in [6, 6.07) is 2.58. The first-order valence-electron chi connectivity index (χ1n) is 5.43. The predicted octanol–water partition coefficient (Wildman–Crippen LogP) is 2.90. The van der Waals surface area contributed by atoms with Crippen molar-refractivity contribution in [2.24, 2.45) is 0 Å². The van der Waals surface area contributed by atoms with E-state index in [4.69, 9.17) is 5.11 Å². The fourth-order valence-corrected chi connectivity index (χ4v) is 2.00. The number of halogens is 2. The molecule has 1 aromatic carbocycles. The highest BCUT2D eigenvalue weighted by molar-refractivity contribution is 7.98. The van der Waals surface area contributed by atoms with Crippen molar-refractivity contribution >= 4 is 11.8 Å². The lowest BCUT2D eigenvalue weighted by Crippen LogP contribution is -2.26. The van der Waals surface area contributed by atoms with Gasteiger partial charge in [0.2, 0.25) is 0 Å². The molecule has 17 heavy (non-hydrogen) atoms. The maximum Gasteiger partial charge on any atom is 0.187 e. The van der Waals surface area contributed by atoms with Crippen LogP contribution in [-0.2, 0) is 6.54 Å². The lowest BCUT2D eigenvalue weighted by atomic mass is 10.1. The van der Waals surface area contributed by atoms with Crippen LogP contribution in [0.1, 0.15) is 18.9 Å². The Bertz CT molecular complexity index is 351. The molecule has 0 amide bonds. The van der Waals surface area contributed by atoms with Gasteiger partial charge >= 0.3 is 0 Å². The zero-order valence-corrected chi connectivity index (χ0v) is 10.8. The molecule has 0 aromatic heterocycles. The highest BCUT2D eigenvalue weighted by Gasteiger charge is 2.10. The number of nitrogens with one attached hydrogen (secondary N) is 1. The minimum atomic E-state index is -0.918. The van der Waals surface area contributed by atoms with Gasteiger partial charge in [-0.15, -0.1) is 0 Å². The van der Waals surface area contributed by atoms with Crippen LogP contribution in [-0.4, -0.2) is 23.2 Å². The van der Waals surface area contributed by atoms with Crippen LogP contribution in [0.2, 0.25) is 0 Å². The molecule has 0 radical (unpaired) electrons. The van der Waals surface area contributed by atoms with Crippen LogP contribution in [0.5, 0.6) is 5.75 Å². The number of benzene rings is 1. The summed E-state index contributed by atoms with van der Waals surface area (Å²) in [4.78, 5) is 0. The Hall–Kier alpha value is -0.810. The number of hydrogen-bond acceptors (Lipinski definition) is 3. The molecule has 0 saturated carbocycles. The average Bonchev–Trinajstić information content (AvgIpc) is 2.30. The lowest BCUT2D eigenvalue weighted by Gasteiger charge is -2.13. The SMILES string of the molecule is CSCCC(C)NCc1cc(F)c(O)c(F)c1. The molecule has 5 heteroatoms. The smallest absolute Gasteiger partial charge is 0.187 e. The summed E-state index contributed by atoms with van der Waals surface area (Å²) in [6.07, 6.45) is 3.04. The number of phenolic OH excluding ortho intramolecular Hbond substituents is 1. The van der Waals surface area contributed by atoms with E-state index in [2.05, 4.69) is 5.32 Å². The second-order valence-corrected chi connectivity index (χ2v) is 4.96. The minimum Gasteiger partial charge on any atom is -0.503 e. The second-order valence-electron chi connectivity index (χ2n) is 3.97. The molecule has 0 aliphatic rings. The van der Waals surface area contributed by atoms with E-state index in [1.807, 2.05) is 13.2 Å². The molecule has 0 spiro atoms. The first-order chi connectivity index (χ1) is 8.04. The molecule has 1 rings (SSSR count). The van der Waals surface area contributed by atoms with Gasteiger partial charge in [0.25, 0.3) is 0 Å². The van der Waals surface area contributed by atoms with Gasteiger partial charge in [0.1, 0.15) is 0 Å². The third-order valence-corrected chi connectivity index (χ3v) is 3.13. The molecule has 0 aliphatic carbocycles. The van der Waals surface area contributed by atoms with Gasteiger partial charge in [0, 0.05) is 12.6 Å². The third kappa shape index (κ3) is 4.52. The summed E-state index contributed by atoms with van der Waals surface area (Å²) in [6.45, 7) is 2.42. The third-order valence-electron chi connectivity index (χ3n) is 2.49. The zero-order valence-electron chi connectivity index (χ0n) is 9.96. The average molecular weight is 261 g/mol. The number of aromatic hydroxyl groups is 1. The summed E-state index contributed by atoms with van der Waals surface area (Å²) in [5.74, 6) is -1.70. The molecule has 0 heterocycles. The summed E-state index contributed by atoms with van der Waals surface area (Å²) in [5.41, 5.74) is 0.494. The fraction of sp³-hybridized carbons (Fsp3) is 0.500. The molecule has 0 saturated heterocycles. The van der Waals surface area contributed by atoms with E-state index in [1.54, 1.807) is 11.8 Å². The number of rotatable bonds is 6. The molecule has 96 valence electrons. The molecule has 0 aliphatic heterocycles. The number of hydrogen-bond donors (Lipinski definition) is 2. The highest BCUT2D eigenvalue weighted by atomic mass is 32.2. The van der Waals surface area contributed by atoms with Gasteiger partial charge in [-0.1, -0.05) is 0 Å². The van der Waals surface area contributed by atoms with Crippen LogP contribution >= 0.6 is 11.8 Å². The van der Waals surface area contributed by atoms with Gasteiger partial charge < -0.3 is 10.4 Å². The van der Waals surface area contributed by atoms with E-state index in [9.17, 15) is 8.78 Å². The van der Waals surface area contributed by atoms with Gasteiger partial charge in [0.05, 0.1) is 0 Å². The van der Waals surface area contributed by atoms with E-state index in [0.717, 1.165) is 24.3 Å². The summed E-state index contributed by atoms with van der Waals surface area (Å²) < 4.78 is 26.1. The largest absolute Gasteiger partial charge is 0.503 e. The molecule has 1 aromatic rings. The van der Waals surface area contributed by atoms with E-state index < -0.39 is 17.4 Å². The molecule has 2 N–H and O–H groups in total. The van der Waals surface area contributed by atoms with Gasteiger partial charge in [-0.3, -0.25) is 0 Å². The topological polar surface area (TPSA) is 32.3 Å². The van der Waals surface area contributed by atoms with Crippen LogP contribution in [0, 0.1) is 11.6 Å². The molecule has 1 atom stereocenters. The standard InChI is InChI=1S/C12H17F2NOS/c1-8(3-4-17-2)15-7-9-5-10(13)12(16)11(14)6-9/h5-6,8,15-16H,3-4,7H2,1-2H3. The van der Waals surface area contributed by atoms with Crippen molar-refractivity contribution in [3.63, 3.8) is 0 Å². The molecule has 0 bridgehead atoms. The molecule has 0 fully saturated rings. The van der Waals surface area contributed by atoms with E-state index >= 15 is 0 Å². The van der Waals surface area contributed by atoms with Crippen molar-refractivity contribution in [3.05, 3.63) is 29.3 Å². The van der Waals surface area contributed by atoms with Crippen molar-refractivity contribution in [2.75, 3.05) is 12.0 Å². The monoisotopic (exact) mass is 261 g/mol. The van der Waals surface area contributed by atoms with Crippen LogP contribution in [0.4, 0.5) is 8.78 Å². The fourth-order valence-electron chi connectivity index (χ4n) is 1.41. The molecular formula is C12H17F2NOS. The van der Waals surface area contributed by atoms with E-state index in [1.165, 1.54) is 0 Å². The van der Waals surface area contributed by atoms with Crippen LogP contribution in [0.15, 0.2) is 12.1 Å². The van der Waals surface area contributed by atoms with Crippen LogP contribution in [0.3, 0.4) is 0 Å². The summed E-state index contributed by atoms with van der Waals surface area (Å²) in [5, 5.41) is 12.1. The van der Waals surface area contributed by atoms with Crippen LogP contribution in [0.25, 0.3) is 0 Å². The quantitative estimate of drug-likeness (QED) is 0.826. The van der Waals surface area contributed by atoms with Crippen molar-refractivity contribution in [2.45, 2.75) is 25.9 Å². The van der Waals surface area contributed by atoms with Crippen molar-refractivity contribution in [3.8, 4) is 5.75 Å². The second kappa shape index (κ2) is 6.81. The molecular weight excluding hydrogens is 244 g/mol. The Kier molecular flexibility index (Phi) is 5.71. The minimum absolute atomic E-state index is 0.294. The Morgan fingerprint density at radius 1 is 1.35 bits per heavy atom. The zero-order chi connectivity index (χ0) is 12.8. The first kappa shape index (κ1) is 14.3.